The molecule has 0 amide bonds. The molecule has 0 aliphatic carbocycles. The lowest BCUT2D eigenvalue weighted by molar-refractivity contribution is 0.0607. The first-order chi connectivity index (χ1) is 10.0. The summed E-state index contributed by atoms with van der Waals surface area (Å²) >= 11 is 6.03. The number of methoxy groups -OCH3 is 1. The van der Waals surface area contributed by atoms with Gasteiger partial charge in [-0.1, -0.05) is 0 Å². The molecule has 0 unspecified atom stereocenters. The number of halogens is 2. The smallest absolute Gasteiger partial charge is 0.351 e. The van der Waals surface area contributed by atoms with Crippen LogP contribution in [0.25, 0.3) is 0 Å². The molecule has 2 aromatic heterocycles. The lowest BCUT2D eigenvalue weighted by atomic mass is 10.4. The molecule has 2 rings (SSSR count). The SMILES string of the molecule is COC(=O)c1scnc1NC(=S)Nc1cnc(F)cc1F. The van der Waals surface area contributed by atoms with Crippen molar-refractivity contribution in [3.05, 3.63) is 34.4 Å². The van der Waals surface area contributed by atoms with E-state index in [0.29, 0.717) is 6.07 Å². The molecule has 0 aromatic carbocycles. The zero-order valence-corrected chi connectivity index (χ0v) is 12.1. The minimum absolute atomic E-state index is 0.0293. The van der Waals surface area contributed by atoms with Gasteiger partial charge < -0.3 is 15.4 Å². The summed E-state index contributed by atoms with van der Waals surface area (Å²) in [7, 11) is 1.24. The average Bonchev–Trinajstić information content (AvgIpc) is 2.89. The van der Waals surface area contributed by atoms with E-state index in [0.717, 1.165) is 17.5 Å². The van der Waals surface area contributed by atoms with Crippen LogP contribution in [0, 0.1) is 11.8 Å². The second-order valence-corrected chi connectivity index (χ2v) is 4.85. The third-order valence-electron chi connectivity index (χ3n) is 2.24. The minimum Gasteiger partial charge on any atom is -0.465 e. The maximum absolute atomic E-state index is 13.4. The molecule has 10 heteroatoms. The van der Waals surface area contributed by atoms with Crippen molar-refractivity contribution >= 4 is 46.1 Å². The van der Waals surface area contributed by atoms with Crippen molar-refractivity contribution in [1.29, 1.82) is 0 Å². The van der Waals surface area contributed by atoms with Gasteiger partial charge in [-0.2, -0.15) is 4.39 Å². The molecule has 21 heavy (non-hydrogen) atoms. The number of nitrogens with one attached hydrogen (secondary N) is 2. The highest BCUT2D eigenvalue weighted by Gasteiger charge is 2.16. The molecule has 0 radical (unpaired) electrons. The van der Waals surface area contributed by atoms with Crippen molar-refractivity contribution in [2.75, 3.05) is 17.7 Å². The highest BCUT2D eigenvalue weighted by atomic mass is 32.1. The van der Waals surface area contributed by atoms with Gasteiger partial charge in [-0.15, -0.1) is 11.3 Å². The quantitative estimate of drug-likeness (QED) is 0.508. The van der Waals surface area contributed by atoms with E-state index in [-0.39, 0.29) is 21.5 Å². The van der Waals surface area contributed by atoms with Crippen LogP contribution in [0.3, 0.4) is 0 Å². The first kappa shape index (κ1) is 15.2. The molecule has 110 valence electrons. The molecule has 0 bridgehead atoms. The fourth-order valence-corrected chi connectivity index (χ4v) is 2.20. The lowest BCUT2D eigenvalue weighted by Gasteiger charge is -2.10. The van der Waals surface area contributed by atoms with Crippen molar-refractivity contribution in [3.63, 3.8) is 0 Å². The summed E-state index contributed by atoms with van der Waals surface area (Å²) in [5.41, 5.74) is 1.32. The number of nitrogens with zero attached hydrogens (tertiary/aromatic N) is 2. The summed E-state index contributed by atoms with van der Waals surface area (Å²) in [6.45, 7) is 0. The molecular weight excluding hydrogens is 322 g/mol. The van der Waals surface area contributed by atoms with Crippen LogP contribution < -0.4 is 10.6 Å². The number of aromatic nitrogens is 2. The van der Waals surface area contributed by atoms with Crippen molar-refractivity contribution < 1.29 is 18.3 Å². The number of anilines is 2. The summed E-state index contributed by atoms with van der Waals surface area (Å²) in [4.78, 5) is 18.9. The van der Waals surface area contributed by atoms with E-state index in [1.807, 2.05) is 0 Å². The maximum atomic E-state index is 13.4. The van der Waals surface area contributed by atoms with E-state index in [1.54, 1.807) is 0 Å². The molecule has 2 heterocycles. The number of carbonyl (C=O) groups is 1. The van der Waals surface area contributed by atoms with Crippen molar-refractivity contribution in [2.24, 2.45) is 0 Å². The first-order valence-corrected chi connectivity index (χ1v) is 6.71. The predicted molar refractivity (Wildman–Crippen MR) is 77.4 cm³/mol. The van der Waals surface area contributed by atoms with Gasteiger partial charge in [-0.3, -0.25) is 0 Å². The number of thiazole rings is 1. The van der Waals surface area contributed by atoms with Gasteiger partial charge in [0.1, 0.15) is 0 Å². The zero-order chi connectivity index (χ0) is 15.4. The maximum Gasteiger partial charge on any atom is 0.351 e. The number of esters is 1. The van der Waals surface area contributed by atoms with Crippen LogP contribution in [0.1, 0.15) is 9.67 Å². The Morgan fingerprint density at radius 2 is 2.14 bits per heavy atom. The second-order valence-electron chi connectivity index (χ2n) is 3.59. The Hall–Kier alpha value is -2.20. The molecule has 0 fully saturated rings. The van der Waals surface area contributed by atoms with E-state index in [4.69, 9.17) is 12.2 Å². The second kappa shape index (κ2) is 6.50. The molecule has 2 aromatic rings. The largest absolute Gasteiger partial charge is 0.465 e. The van der Waals surface area contributed by atoms with Crippen LogP contribution in [-0.2, 0) is 4.74 Å². The fourth-order valence-electron chi connectivity index (χ4n) is 1.33. The molecule has 6 nitrogen and oxygen atoms in total. The summed E-state index contributed by atoms with van der Waals surface area (Å²) in [5.74, 6) is -2.18. The molecule has 0 saturated heterocycles. The molecule has 2 N–H and O–H groups in total. The van der Waals surface area contributed by atoms with Crippen LogP contribution in [0.5, 0.6) is 0 Å². The van der Waals surface area contributed by atoms with Gasteiger partial charge in [0.05, 0.1) is 24.5 Å². The van der Waals surface area contributed by atoms with E-state index in [9.17, 15) is 13.6 Å². The predicted octanol–water partition coefficient (Wildman–Crippen LogP) is 2.41. The Kier molecular flexibility index (Phi) is 4.70. The topological polar surface area (TPSA) is 76.1 Å². The van der Waals surface area contributed by atoms with Gasteiger partial charge in [0.25, 0.3) is 0 Å². The number of pyridine rings is 1. The summed E-state index contributed by atoms with van der Waals surface area (Å²) in [6.07, 6.45) is 0.959. The number of carbonyl (C=O) groups excluding carboxylic acids is 1. The van der Waals surface area contributed by atoms with Gasteiger partial charge in [0.2, 0.25) is 5.95 Å². The summed E-state index contributed by atoms with van der Waals surface area (Å²) < 4.78 is 30.7. The standard InChI is InChI=1S/C11H8F2N4O2S2/c1-19-10(18)8-9(15-4-21-8)17-11(20)16-6-3-14-7(13)2-5(6)12/h2-4H,1H3,(H2,16,17,20). The zero-order valence-electron chi connectivity index (χ0n) is 10.5. The van der Waals surface area contributed by atoms with E-state index >= 15 is 0 Å². The molecule has 0 aliphatic heterocycles. The number of hydrogen-bond acceptors (Lipinski definition) is 6. The molecule has 0 aliphatic rings. The third kappa shape index (κ3) is 3.67. The van der Waals surface area contributed by atoms with Gasteiger partial charge in [-0.05, 0) is 12.2 Å². The molecule has 0 atom stereocenters. The molecule has 0 spiro atoms. The van der Waals surface area contributed by atoms with Crippen LogP contribution in [-0.4, -0.2) is 28.2 Å². The monoisotopic (exact) mass is 330 g/mol. The van der Waals surface area contributed by atoms with Gasteiger partial charge >= 0.3 is 5.97 Å². The van der Waals surface area contributed by atoms with Crippen LogP contribution >= 0.6 is 23.6 Å². The van der Waals surface area contributed by atoms with E-state index in [2.05, 4.69) is 25.3 Å². The summed E-state index contributed by atoms with van der Waals surface area (Å²) in [6, 6.07) is 0.619. The Morgan fingerprint density at radius 1 is 1.38 bits per heavy atom. The number of rotatable bonds is 3. The van der Waals surface area contributed by atoms with E-state index in [1.165, 1.54) is 12.6 Å². The highest BCUT2D eigenvalue weighted by molar-refractivity contribution is 7.80. The normalized spacial score (nSPS) is 10.0. The fraction of sp³-hybridized carbons (Fsp3) is 0.0909. The Balaban J connectivity index is 2.09. The molecular formula is C11H8F2N4O2S2. The van der Waals surface area contributed by atoms with Crippen molar-refractivity contribution in [2.45, 2.75) is 0 Å². The van der Waals surface area contributed by atoms with Gasteiger partial charge in [0.15, 0.2) is 21.6 Å². The number of hydrogen-bond donors (Lipinski definition) is 2. The van der Waals surface area contributed by atoms with E-state index < -0.39 is 17.7 Å². The van der Waals surface area contributed by atoms with Crippen molar-refractivity contribution in [1.82, 2.24) is 9.97 Å². The number of ether oxygens (including phenoxy) is 1. The minimum atomic E-state index is -0.940. The Bertz CT molecular complexity index is 693. The highest BCUT2D eigenvalue weighted by Crippen LogP contribution is 2.20. The number of thiocarbonyl (C=S) groups is 1. The lowest BCUT2D eigenvalue weighted by Crippen LogP contribution is -2.21. The average molecular weight is 330 g/mol. The van der Waals surface area contributed by atoms with Crippen LogP contribution in [0.4, 0.5) is 20.3 Å². The molecule has 0 saturated carbocycles. The third-order valence-corrected chi connectivity index (χ3v) is 3.25. The van der Waals surface area contributed by atoms with Crippen molar-refractivity contribution in [3.8, 4) is 0 Å². The van der Waals surface area contributed by atoms with Gasteiger partial charge in [-0.25, -0.2) is 19.2 Å². The van der Waals surface area contributed by atoms with Crippen LogP contribution in [0.2, 0.25) is 0 Å². The first-order valence-electron chi connectivity index (χ1n) is 5.42. The Labute approximate surface area is 127 Å². The van der Waals surface area contributed by atoms with Gasteiger partial charge in [0, 0.05) is 6.07 Å². The Morgan fingerprint density at radius 3 is 2.81 bits per heavy atom. The summed E-state index contributed by atoms with van der Waals surface area (Å²) in [5, 5.41) is 5.09. The van der Waals surface area contributed by atoms with Crippen LogP contribution in [0.15, 0.2) is 17.8 Å².